The summed E-state index contributed by atoms with van der Waals surface area (Å²) in [6.45, 7) is -0.0353. The Bertz CT molecular complexity index is 748. The maximum Gasteiger partial charge on any atom is 0.218 e. The molecule has 106 valence electrons. The van der Waals surface area contributed by atoms with E-state index in [4.69, 9.17) is 16.7 Å². The number of benzene rings is 2. The smallest absolute Gasteiger partial charge is 0.218 e. The van der Waals surface area contributed by atoms with Crippen molar-refractivity contribution in [3.05, 3.63) is 59.1 Å². The Hall–Kier alpha value is -1.89. The number of halogens is 1. The van der Waals surface area contributed by atoms with E-state index < -0.39 is 0 Å². The second-order valence-corrected chi connectivity index (χ2v) is 5.65. The van der Waals surface area contributed by atoms with E-state index >= 15 is 0 Å². The van der Waals surface area contributed by atoms with Crippen molar-refractivity contribution in [2.24, 2.45) is 0 Å². The molecule has 0 amide bonds. The highest BCUT2D eigenvalue weighted by Gasteiger charge is 2.12. The Kier molecular flexibility index (Phi) is 4.19. The van der Waals surface area contributed by atoms with Crippen LogP contribution >= 0.6 is 23.4 Å². The average molecular weight is 319 g/mol. The lowest BCUT2D eigenvalue weighted by Crippen LogP contribution is -1.98. The van der Waals surface area contributed by atoms with Gasteiger partial charge in [-0.15, -0.1) is 5.10 Å². The van der Waals surface area contributed by atoms with Gasteiger partial charge in [-0.2, -0.15) is 4.68 Å². The van der Waals surface area contributed by atoms with Crippen LogP contribution in [-0.2, 0) is 6.61 Å². The lowest BCUT2D eigenvalue weighted by Gasteiger charge is -2.06. The Morgan fingerprint density at radius 3 is 2.67 bits per heavy atom. The highest BCUT2D eigenvalue weighted by Crippen LogP contribution is 2.33. The number of aliphatic hydroxyl groups is 1. The van der Waals surface area contributed by atoms with Crippen molar-refractivity contribution in [1.82, 2.24) is 20.2 Å². The molecule has 5 nitrogen and oxygen atoms in total. The lowest BCUT2D eigenvalue weighted by atomic mass is 10.2. The van der Waals surface area contributed by atoms with Crippen LogP contribution in [0.4, 0.5) is 0 Å². The van der Waals surface area contributed by atoms with Crippen molar-refractivity contribution in [3.63, 3.8) is 0 Å². The molecule has 0 aliphatic heterocycles. The number of hydrogen-bond acceptors (Lipinski definition) is 5. The summed E-state index contributed by atoms with van der Waals surface area (Å²) in [5.41, 5.74) is 1.65. The van der Waals surface area contributed by atoms with E-state index in [-0.39, 0.29) is 6.61 Å². The van der Waals surface area contributed by atoms with Gasteiger partial charge in [0.05, 0.1) is 17.3 Å². The van der Waals surface area contributed by atoms with E-state index in [2.05, 4.69) is 15.5 Å². The summed E-state index contributed by atoms with van der Waals surface area (Å²) in [4.78, 5) is 0.834. The maximum atomic E-state index is 9.10. The predicted octanol–water partition coefficient (Wildman–Crippen LogP) is 2.96. The number of tetrazole rings is 1. The molecule has 1 aromatic heterocycles. The van der Waals surface area contributed by atoms with Gasteiger partial charge in [-0.1, -0.05) is 35.9 Å². The molecule has 0 saturated carbocycles. The van der Waals surface area contributed by atoms with Gasteiger partial charge in [-0.25, -0.2) is 0 Å². The topological polar surface area (TPSA) is 63.8 Å². The van der Waals surface area contributed by atoms with Crippen molar-refractivity contribution in [2.45, 2.75) is 16.7 Å². The van der Waals surface area contributed by atoms with E-state index in [0.29, 0.717) is 10.2 Å². The molecule has 3 aromatic rings. The predicted molar refractivity (Wildman–Crippen MR) is 80.7 cm³/mol. The maximum absolute atomic E-state index is 9.10. The van der Waals surface area contributed by atoms with E-state index in [1.807, 2.05) is 42.5 Å². The van der Waals surface area contributed by atoms with Crippen LogP contribution < -0.4 is 0 Å². The summed E-state index contributed by atoms with van der Waals surface area (Å²) in [6, 6.07) is 15.1. The van der Waals surface area contributed by atoms with Crippen molar-refractivity contribution in [2.75, 3.05) is 0 Å². The second-order valence-electron chi connectivity index (χ2n) is 4.23. The van der Waals surface area contributed by atoms with Crippen molar-refractivity contribution >= 4 is 23.4 Å². The Morgan fingerprint density at radius 1 is 1.14 bits per heavy atom. The molecule has 0 aliphatic rings. The van der Waals surface area contributed by atoms with Crippen LogP contribution in [0.2, 0.25) is 5.02 Å². The van der Waals surface area contributed by atoms with Gasteiger partial charge in [-0.3, -0.25) is 0 Å². The first-order valence-corrected chi connectivity index (χ1v) is 7.38. The number of nitrogens with zero attached hydrogens (tertiary/aromatic N) is 4. The zero-order chi connectivity index (χ0) is 14.7. The normalized spacial score (nSPS) is 10.8. The monoisotopic (exact) mass is 318 g/mol. The van der Waals surface area contributed by atoms with Gasteiger partial charge in [0.15, 0.2) is 0 Å². The van der Waals surface area contributed by atoms with Crippen LogP contribution in [-0.4, -0.2) is 25.3 Å². The van der Waals surface area contributed by atoms with Gasteiger partial charge >= 0.3 is 0 Å². The van der Waals surface area contributed by atoms with Crippen LogP contribution in [0.25, 0.3) is 5.69 Å². The van der Waals surface area contributed by atoms with Gasteiger partial charge in [0, 0.05) is 4.90 Å². The summed E-state index contributed by atoms with van der Waals surface area (Å²) in [7, 11) is 0. The first-order chi connectivity index (χ1) is 10.3. The van der Waals surface area contributed by atoms with Crippen LogP contribution in [0, 0.1) is 0 Å². The molecular weight excluding hydrogens is 308 g/mol. The van der Waals surface area contributed by atoms with E-state index in [1.54, 1.807) is 10.7 Å². The minimum absolute atomic E-state index is 0.0353. The quantitative estimate of drug-likeness (QED) is 0.801. The molecule has 0 fully saturated rings. The van der Waals surface area contributed by atoms with Gasteiger partial charge in [0.25, 0.3) is 0 Å². The Labute approximate surface area is 130 Å². The fourth-order valence-corrected chi connectivity index (χ4v) is 2.91. The molecule has 21 heavy (non-hydrogen) atoms. The standard InChI is InChI=1S/C14H11ClN4OS/c15-12-8-10(9-20)6-7-13(12)21-14-16-17-18-19(14)11-4-2-1-3-5-11/h1-8,20H,9H2. The molecule has 2 aromatic carbocycles. The second kappa shape index (κ2) is 6.26. The largest absolute Gasteiger partial charge is 0.392 e. The zero-order valence-electron chi connectivity index (χ0n) is 10.8. The third-order valence-corrected chi connectivity index (χ3v) is 4.26. The number of aromatic nitrogens is 4. The number of aliphatic hydroxyl groups excluding tert-OH is 1. The zero-order valence-corrected chi connectivity index (χ0v) is 12.4. The molecule has 0 radical (unpaired) electrons. The minimum Gasteiger partial charge on any atom is -0.392 e. The summed E-state index contributed by atoms with van der Waals surface area (Å²) >= 11 is 7.59. The van der Waals surface area contributed by atoms with Gasteiger partial charge in [0.2, 0.25) is 5.16 Å². The third-order valence-electron chi connectivity index (χ3n) is 2.82. The molecule has 0 saturated heterocycles. The summed E-state index contributed by atoms with van der Waals surface area (Å²) in [6.07, 6.45) is 0. The van der Waals surface area contributed by atoms with Crippen LogP contribution in [0.15, 0.2) is 58.6 Å². The van der Waals surface area contributed by atoms with Crippen LogP contribution in [0.5, 0.6) is 0 Å². The molecule has 1 heterocycles. The molecular formula is C14H11ClN4OS. The molecule has 0 unspecified atom stereocenters. The van der Waals surface area contributed by atoms with Gasteiger partial charge < -0.3 is 5.11 Å². The molecule has 0 aliphatic carbocycles. The highest BCUT2D eigenvalue weighted by atomic mass is 35.5. The third kappa shape index (κ3) is 3.07. The van der Waals surface area contributed by atoms with E-state index in [1.165, 1.54) is 11.8 Å². The molecule has 0 spiro atoms. The van der Waals surface area contributed by atoms with E-state index in [0.717, 1.165) is 16.1 Å². The van der Waals surface area contributed by atoms with Gasteiger partial charge in [0.1, 0.15) is 0 Å². The summed E-state index contributed by atoms with van der Waals surface area (Å²) in [5.74, 6) is 0. The van der Waals surface area contributed by atoms with Crippen LogP contribution in [0.3, 0.4) is 0 Å². The number of para-hydroxylation sites is 1. The Balaban J connectivity index is 1.92. The van der Waals surface area contributed by atoms with E-state index in [9.17, 15) is 0 Å². The first-order valence-electron chi connectivity index (χ1n) is 6.19. The molecule has 3 rings (SSSR count). The molecule has 0 atom stereocenters. The number of hydrogen-bond donors (Lipinski definition) is 1. The molecule has 0 bridgehead atoms. The van der Waals surface area contributed by atoms with Crippen molar-refractivity contribution in [1.29, 1.82) is 0 Å². The lowest BCUT2D eigenvalue weighted by molar-refractivity contribution is 0.282. The highest BCUT2D eigenvalue weighted by molar-refractivity contribution is 7.99. The van der Waals surface area contributed by atoms with Crippen LogP contribution in [0.1, 0.15) is 5.56 Å². The summed E-state index contributed by atoms with van der Waals surface area (Å²) in [5, 5.41) is 22.0. The first kappa shape index (κ1) is 14.1. The minimum atomic E-state index is -0.0353. The Morgan fingerprint density at radius 2 is 1.95 bits per heavy atom. The summed E-state index contributed by atoms with van der Waals surface area (Å²) < 4.78 is 1.65. The van der Waals surface area contributed by atoms with Gasteiger partial charge in [-0.05, 0) is 52.0 Å². The molecule has 1 N–H and O–H groups in total. The molecule has 7 heteroatoms. The van der Waals surface area contributed by atoms with Crippen molar-refractivity contribution < 1.29 is 5.11 Å². The average Bonchev–Trinajstić information content (AvgIpc) is 2.98. The fourth-order valence-electron chi connectivity index (χ4n) is 1.80. The van der Waals surface area contributed by atoms with Crippen molar-refractivity contribution in [3.8, 4) is 5.69 Å². The number of rotatable bonds is 4. The fraction of sp³-hybridized carbons (Fsp3) is 0.0714. The SMILES string of the molecule is OCc1ccc(Sc2nnnn2-c2ccccc2)c(Cl)c1.